The van der Waals surface area contributed by atoms with Gasteiger partial charge in [-0.2, -0.15) is 34.8 Å². The van der Waals surface area contributed by atoms with E-state index in [1.165, 1.54) is 6.92 Å². The molecule has 0 radical (unpaired) electrons. The summed E-state index contributed by atoms with van der Waals surface area (Å²) in [7, 11) is -5.82. The highest BCUT2D eigenvalue weighted by molar-refractivity contribution is 7.85. The zero-order valence-electron chi connectivity index (χ0n) is 12.6. The maximum atomic E-state index is 12.9. The van der Waals surface area contributed by atoms with E-state index in [-0.39, 0.29) is 6.42 Å². The Kier molecular flexibility index (Phi) is 7.69. The molecule has 0 saturated heterocycles. The molecule has 0 aromatic rings. The third-order valence-corrected chi connectivity index (χ3v) is 3.44. The molecule has 0 amide bonds. The molecule has 1 N–H and O–H groups in total. The van der Waals surface area contributed by atoms with Crippen LogP contribution in [0.4, 0.5) is 26.3 Å². The van der Waals surface area contributed by atoms with E-state index in [1.807, 2.05) is 0 Å². The van der Waals surface area contributed by atoms with Crippen LogP contribution in [-0.2, 0) is 29.2 Å². The van der Waals surface area contributed by atoms with Crippen molar-refractivity contribution in [1.82, 2.24) is 0 Å². The lowest BCUT2D eigenvalue weighted by Crippen LogP contribution is -2.63. The molecule has 0 rings (SSSR count). The molecule has 0 saturated carbocycles. The van der Waals surface area contributed by atoms with E-state index in [0.717, 1.165) is 0 Å². The van der Waals surface area contributed by atoms with Gasteiger partial charge in [0.2, 0.25) is 0 Å². The summed E-state index contributed by atoms with van der Waals surface area (Å²) in [6, 6.07) is 0. The number of carbonyl (C=O) groups is 2. The molecule has 0 aliphatic rings. The lowest BCUT2D eigenvalue weighted by Gasteiger charge is -2.35. The molecule has 0 fully saturated rings. The maximum Gasteiger partial charge on any atom is 0.438 e. The highest BCUT2D eigenvalue weighted by Crippen LogP contribution is 2.47. The molecule has 0 spiro atoms. The van der Waals surface area contributed by atoms with Crippen molar-refractivity contribution in [3.05, 3.63) is 0 Å². The predicted molar refractivity (Wildman–Crippen MR) is 67.8 cm³/mol. The van der Waals surface area contributed by atoms with E-state index in [0.29, 0.717) is 0 Å². The Morgan fingerprint density at radius 3 is 1.84 bits per heavy atom. The van der Waals surface area contributed by atoms with Crippen LogP contribution in [0.1, 0.15) is 26.2 Å². The van der Waals surface area contributed by atoms with E-state index in [9.17, 15) is 44.3 Å². The summed E-state index contributed by atoms with van der Waals surface area (Å²) in [5.74, 6) is -5.69. The van der Waals surface area contributed by atoms with Crippen molar-refractivity contribution in [2.24, 2.45) is 0 Å². The Balaban J connectivity index is 5.31. The molecule has 148 valence electrons. The first kappa shape index (κ1) is 23.4. The fraction of sp³-hybridized carbons (Fsp3) is 0.818. The fourth-order valence-electron chi connectivity index (χ4n) is 1.48. The second-order valence-corrected chi connectivity index (χ2v) is 6.15. The molecule has 0 aliphatic carbocycles. The minimum absolute atomic E-state index is 0.0376. The highest BCUT2D eigenvalue weighted by Gasteiger charge is 2.75. The van der Waals surface area contributed by atoms with Crippen LogP contribution in [0.2, 0.25) is 0 Å². The van der Waals surface area contributed by atoms with Crippen LogP contribution in [0.25, 0.3) is 0 Å². The Morgan fingerprint density at radius 1 is 1.00 bits per heavy atom. The highest BCUT2D eigenvalue weighted by atomic mass is 32.2. The van der Waals surface area contributed by atoms with Crippen molar-refractivity contribution in [2.45, 2.75) is 44.1 Å². The van der Waals surface area contributed by atoms with Gasteiger partial charge >= 0.3 is 29.9 Å². The van der Waals surface area contributed by atoms with Gasteiger partial charge < -0.3 is 9.47 Å². The van der Waals surface area contributed by atoms with Gasteiger partial charge in [0, 0.05) is 12.8 Å². The van der Waals surface area contributed by atoms with E-state index < -0.39 is 65.2 Å². The number of alkyl halides is 6. The summed E-state index contributed by atoms with van der Waals surface area (Å²) in [5, 5.41) is 0. The first-order valence-corrected chi connectivity index (χ1v) is 8.12. The van der Waals surface area contributed by atoms with E-state index in [2.05, 4.69) is 9.47 Å². The van der Waals surface area contributed by atoms with Crippen LogP contribution in [0.15, 0.2) is 0 Å². The Hall–Kier alpha value is -1.57. The number of esters is 2. The lowest BCUT2D eigenvalue weighted by molar-refractivity contribution is -0.361. The molecule has 14 heteroatoms. The minimum Gasteiger partial charge on any atom is -0.466 e. The molecule has 0 bridgehead atoms. The average Bonchev–Trinajstić information content (AvgIpc) is 2.38. The molecule has 0 atom stereocenters. The third-order valence-electron chi connectivity index (χ3n) is 2.67. The van der Waals surface area contributed by atoms with Crippen LogP contribution in [0, 0.1) is 0 Å². The number of hydrogen-bond acceptors (Lipinski definition) is 6. The second-order valence-electron chi connectivity index (χ2n) is 4.70. The molecule has 0 aromatic carbocycles. The smallest absolute Gasteiger partial charge is 0.438 e. The zero-order chi connectivity index (χ0) is 20.1. The van der Waals surface area contributed by atoms with E-state index in [1.54, 1.807) is 0 Å². The largest absolute Gasteiger partial charge is 0.466 e. The van der Waals surface area contributed by atoms with Crippen LogP contribution < -0.4 is 0 Å². The summed E-state index contributed by atoms with van der Waals surface area (Å²) in [4.78, 5) is 22.1. The summed E-state index contributed by atoms with van der Waals surface area (Å²) in [5.41, 5.74) is -5.43. The topological polar surface area (TPSA) is 107 Å². The summed E-state index contributed by atoms with van der Waals surface area (Å²) in [6.45, 7) is 0.956. The van der Waals surface area contributed by atoms with Gasteiger partial charge in [0.1, 0.15) is 5.75 Å². The molecule has 0 aliphatic heterocycles. The molecule has 0 unspecified atom stereocenters. The molecular formula is C11H14F6O7S. The van der Waals surface area contributed by atoms with Gasteiger partial charge in [-0.15, -0.1) is 0 Å². The van der Waals surface area contributed by atoms with Crippen LogP contribution in [-0.4, -0.2) is 55.2 Å². The Morgan fingerprint density at radius 2 is 1.48 bits per heavy atom. The first-order chi connectivity index (χ1) is 11.1. The number of rotatable bonds is 8. The number of carbonyl (C=O) groups excluding carboxylic acids is 2. The Bertz CT molecular complexity index is 567. The SMILES string of the molecule is CCC(=O)OCCCC(=O)OC(CS(=O)(=O)O)(C(F)(F)F)C(F)(F)F. The van der Waals surface area contributed by atoms with Crippen molar-refractivity contribution < 1.29 is 58.4 Å². The van der Waals surface area contributed by atoms with E-state index >= 15 is 0 Å². The fourth-order valence-corrected chi connectivity index (χ4v) is 2.38. The van der Waals surface area contributed by atoms with Crippen molar-refractivity contribution in [3.8, 4) is 0 Å². The van der Waals surface area contributed by atoms with Crippen molar-refractivity contribution >= 4 is 22.1 Å². The first-order valence-electron chi connectivity index (χ1n) is 6.52. The molecule has 25 heavy (non-hydrogen) atoms. The zero-order valence-corrected chi connectivity index (χ0v) is 13.4. The minimum atomic E-state index is -6.37. The van der Waals surface area contributed by atoms with E-state index in [4.69, 9.17) is 4.55 Å². The van der Waals surface area contributed by atoms with Crippen molar-refractivity contribution in [2.75, 3.05) is 12.4 Å². The lowest BCUT2D eigenvalue weighted by atomic mass is 10.1. The van der Waals surface area contributed by atoms with Crippen LogP contribution in [0.5, 0.6) is 0 Å². The van der Waals surface area contributed by atoms with Gasteiger partial charge in [0.05, 0.1) is 6.61 Å². The second kappa shape index (κ2) is 8.21. The van der Waals surface area contributed by atoms with Crippen LogP contribution in [0.3, 0.4) is 0 Å². The van der Waals surface area contributed by atoms with Gasteiger partial charge in [0.25, 0.3) is 10.1 Å². The maximum absolute atomic E-state index is 12.9. The average molecular weight is 404 g/mol. The number of hydrogen-bond donors (Lipinski definition) is 1. The summed E-state index contributed by atoms with van der Waals surface area (Å²) >= 11 is 0. The Labute approximate surface area is 138 Å². The predicted octanol–water partition coefficient (Wildman–Crippen LogP) is 2.01. The van der Waals surface area contributed by atoms with Gasteiger partial charge in [-0.05, 0) is 6.42 Å². The molecule has 0 aromatic heterocycles. The van der Waals surface area contributed by atoms with Gasteiger partial charge in [-0.25, -0.2) is 0 Å². The molecular weight excluding hydrogens is 390 g/mol. The quantitative estimate of drug-likeness (QED) is 0.285. The van der Waals surface area contributed by atoms with Crippen molar-refractivity contribution in [1.29, 1.82) is 0 Å². The monoisotopic (exact) mass is 404 g/mol. The van der Waals surface area contributed by atoms with Gasteiger partial charge in [-0.1, -0.05) is 6.92 Å². The van der Waals surface area contributed by atoms with Crippen LogP contribution >= 0.6 is 0 Å². The molecule has 7 nitrogen and oxygen atoms in total. The standard InChI is InChI=1S/C11H14F6O7S/c1-2-7(18)23-5-3-4-8(19)24-9(10(12,13)14,11(15,16)17)6-25(20,21)22/h2-6H2,1H3,(H,20,21,22). The number of halogens is 6. The van der Waals surface area contributed by atoms with Crippen molar-refractivity contribution in [3.63, 3.8) is 0 Å². The summed E-state index contributed by atoms with van der Waals surface area (Å²) < 4.78 is 115. The summed E-state index contributed by atoms with van der Waals surface area (Å²) in [6.07, 6.45) is -14.3. The third kappa shape index (κ3) is 7.05. The normalized spacial score (nSPS) is 13.4. The number of ether oxygens (including phenoxy) is 2. The van der Waals surface area contributed by atoms with Gasteiger partial charge in [0.15, 0.2) is 0 Å². The van der Waals surface area contributed by atoms with Gasteiger partial charge in [-0.3, -0.25) is 14.1 Å². The molecule has 0 heterocycles.